The quantitative estimate of drug-likeness (QED) is 0.504. The zero-order valence-electron chi connectivity index (χ0n) is 5.84. The molecule has 0 amide bonds. The molecular formula is C6H6ClN3O. The zero-order valence-corrected chi connectivity index (χ0v) is 6.59. The van der Waals surface area contributed by atoms with Gasteiger partial charge in [-0.25, -0.2) is 9.97 Å². The summed E-state index contributed by atoms with van der Waals surface area (Å²) in [7, 11) is 0. The number of rotatable bonds is 1. The molecule has 0 aliphatic heterocycles. The average molecular weight is 172 g/mol. The second kappa shape index (κ2) is 2.84. The van der Waals surface area contributed by atoms with Crippen LogP contribution in [0.25, 0.3) is 0 Å². The van der Waals surface area contributed by atoms with Crippen molar-refractivity contribution in [2.45, 2.75) is 6.92 Å². The van der Waals surface area contributed by atoms with E-state index >= 15 is 0 Å². The molecule has 0 spiro atoms. The van der Waals surface area contributed by atoms with Gasteiger partial charge in [0.05, 0.1) is 0 Å². The van der Waals surface area contributed by atoms with Crippen LogP contribution in [0.15, 0.2) is 6.07 Å². The third kappa shape index (κ3) is 1.88. The van der Waals surface area contributed by atoms with E-state index in [1.807, 2.05) is 0 Å². The first-order valence-electron chi connectivity index (χ1n) is 2.90. The molecule has 0 bridgehead atoms. The molecule has 1 heterocycles. The minimum atomic E-state index is -0.180. The van der Waals surface area contributed by atoms with Crippen LogP contribution in [0.2, 0.25) is 5.15 Å². The van der Waals surface area contributed by atoms with Gasteiger partial charge in [0.25, 0.3) is 0 Å². The number of hydrogen-bond acceptors (Lipinski definition) is 4. The van der Waals surface area contributed by atoms with Gasteiger partial charge < -0.3 is 5.73 Å². The summed E-state index contributed by atoms with van der Waals surface area (Å²) in [5.41, 5.74) is 5.48. The van der Waals surface area contributed by atoms with Crippen LogP contribution in [-0.2, 0) is 0 Å². The highest BCUT2D eigenvalue weighted by Crippen LogP contribution is 2.08. The number of carbonyl (C=O) groups is 1. The molecule has 5 heteroatoms. The molecule has 1 rings (SSSR count). The van der Waals surface area contributed by atoms with Gasteiger partial charge in [-0.2, -0.15) is 0 Å². The standard InChI is InChI=1S/C6H6ClN3O/c1-3(11)4-2-5(7)10-6(8)9-4/h2H,1H3,(H2,8,9,10). The van der Waals surface area contributed by atoms with Crippen LogP contribution in [0.4, 0.5) is 5.95 Å². The van der Waals surface area contributed by atoms with Crippen molar-refractivity contribution in [2.75, 3.05) is 5.73 Å². The van der Waals surface area contributed by atoms with Gasteiger partial charge in [-0.3, -0.25) is 4.79 Å². The normalized spacial score (nSPS) is 9.64. The molecule has 2 N–H and O–H groups in total. The lowest BCUT2D eigenvalue weighted by Crippen LogP contribution is -2.02. The lowest BCUT2D eigenvalue weighted by molar-refractivity contribution is 0.101. The molecule has 0 aliphatic rings. The summed E-state index contributed by atoms with van der Waals surface area (Å²) in [6.07, 6.45) is 0. The number of nitrogen functional groups attached to an aromatic ring is 1. The van der Waals surface area contributed by atoms with Gasteiger partial charge >= 0.3 is 0 Å². The molecule has 0 saturated carbocycles. The van der Waals surface area contributed by atoms with Crippen molar-refractivity contribution in [1.82, 2.24) is 9.97 Å². The third-order valence-corrected chi connectivity index (χ3v) is 1.27. The first kappa shape index (κ1) is 7.94. The van der Waals surface area contributed by atoms with E-state index in [9.17, 15) is 4.79 Å². The lowest BCUT2D eigenvalue weighted by atomic mass is 10.3. The van der Waals surface area contributed by atoms with Crippen LogP contribution in [0.3, 0.4) is 0 Å². The minimum Gasteiger partial charge on any atom is -0.368 e. The highest BCUT2D eigenvalue weighted by molar-refractivity contribution is 6.29. The van der Waals surface area contributed by atoms with E-state index < -0.39 is 0 Å². The summed E-state index contributed by atoms with van der Waals surface area (Å²) in [6.45, 7) is 1.39. The highest BCUT2D eigenvalue weighted by Gasteiger charge is 2.03. The molecule has 0 saturated heterocycles. The van der Waals surface area contributed by atoms with Gasteiger partial charge in [-0.1, -0.05) is 11.6 Å². The van der Waals surface area contributed by atoms with Crippen molar-refractivity contribution in [3.63, 3.8) is 0 Å². The van der Waals surface area contributed by atoms with Gasteiger partial charge in [0.1, 0.15) is 10.8 Å². The number of nitrogens with two attached hydrogens (primary N) is 1. The Hall–Kier alpha value is -1.16. The maximum atomic E-state index is 10.7. The Bertz CT molecular complexity index is 280. The highest BCUT2D eigenvalue weighted by atomic mass is 35.5. The maximum absolute atomic E-state index is 10.7. The molecule has 0 aromatic carbocycles. The first-order chi connectivity index (χ1) is 5.09. The third-order valence-electron chi connectivity index (χ3n) is 1.07. The number of anilines is 1. The van der Waals surface area contributed by atoms with Crippen LogP contribution in [0, 0.1) is 0 Å². The van der Waals surface area contributed by atoms with Crippen molar-refractivity contribution in [3.05, 3.63) is 16.9 Å². The smallest absolute Gasteiger partial charge is 0.222 e. The molecular weight excluding hydrogens is 166 g/mol. The molecule has 58 valence electrons. The van der Waals surface area contributed by atoms with Crippen molar-refractivity contribution < 1.29 is 4.79 Å². The molecule has 4 nitrogen and oxygen atoms in total. The molecule has 11 heavy (non-hydrogen) atoms. The van der Waals surface area contributed by atoms with Crippen molar-refractivity contribution in [3.8, 4) is 0 Å². The van der Waals surface area contributed by atoms with E-state index in [4.69, 9.17) is 17.3 Å². The van der Waals surface area contributed by atoms with E-state index in [0.717, 1.165) is 0 Å². The van der Waals surface area contributed by atoms with Gasteiger partial charge in [0, 0.05) is 13.0 Å². The molecule has 0 aliphatic carbocycles. The largest absolute Gasteiger partial charge is 0.368 e. The number of aromatic nitrogens is 2. The van der Waals surface area contributed by atoms with Gasteiger partial charge in [-0.15, -0.1) is 0 Å². The Kier molecular flexibility index (Phi) is 2.05. The fourth-order valence-electron chi connectivity index (χ4n) is 0.616. The van der Waals surface area contributed by atoms with E-state index in [0.29, 0.717) is 0 Å². The Morgan fingerprint density at radius 1 is 1.64 bits per heavy atom. The summed E-state index contributed by atoms with van der Waals surface area (Å²) < 4.78 is 0. The summed E-state index contributed by atoms with van der Waals surface area (Å²) in [5, 5.41) is 0.183. The Labute approximate surface area is 68.4 Å². The molecule has 0 fully saturated rings. The van der Waals surface area contributed by atoms with Crippen LogP contribution in [-0.4, -0.2) is 15.8 Å². The predicted molar refractivity (Wildman–Crippen MR) is 41.5 cm³/mol. The van der Waals surface area contributed by atoms with E-state index in [-0.39, 0.29) is 22.6 Å². The Balaban J connectivity index is 3.19. The van der Waals surface area contributed by atoms with Gasteiger partial charge in [0.15, 0.2) is 5.78 Å². The second-order valence-corrected chi connectivity index (χ2v) is 2.38. The number of carbonyl (C=O) groups excluding carboxylic acids is 1. The number of Topliss-reactive ketones (excluding diaryl/α,β-unsaturated/α-hetero) is 1. The summed E-state index contributed by atoms with van der Waals surface area (Å²) in [4.78, 5) is 18.0. The second-order valence-electron chi connectivity index (χ2n) is 1.99. The number of nitrogens with zero attached hydrogens (tertiary/aromatic N) is 2. The van der Waals surface area contributed by atoms with Crippen molar-refractivity contribution in [2.24, 2.45) is 0 Å². The van der Waals surface area contributed by atoms with Gasteiger partial charge in [-0.05, 0) is 0 Å². The molecule has 0 atom stereocenters. The fraction of sp³-hybridized carbons (Fsp3) is 0.167. The summed E-state index contributed by atoms with van der Waals surface area (Å²) in [5.74, 6) is -0.163. The van der Waals surface area contributed by atoms with E-state index in [1.54, 1.807) is 0 Å². The SMILES string of the molecule is CC(=O)c1cc(Cl)nc(N)n1. The number of halogens is 1. The first-order valence-corrected chi connectivity index (χ1v) is 3.28. The molecule has 1 aromatic heterocycles. The number of ketones is 1. The monoisotopic (exact) mass is 171 g/mol. The lowest BCUT2D eigenvalue weighted by Gasteiger charge is -1.96. The molecule has 0 radical (unpaired) electrons. The average Bonchev–Trinajstić information content (AvgIpc) is 1.85. The van der Waals surface area contributed by atoms with E-state index in [1.165, 1.54) is 13.0 Å². The molecule has 1 aromatic rings. The maximum Gasteiger partial charge on any atom is 0.222 e. The van der Waals surface area contributed by atoms with Crippen molar-refractivity contribution >= 4 is 23.3 Å². The van der Waals surface area contributed by atoms with Crippen LogP contribution < -0.4 is 5.73 Å². The van der Waals surface area contributed by atoms with Crippen LogP contribution >= 0.6 is 11.6 Å². The van der Waals surface area contributed by atoms with Crippen molar-refractivity contribution in [1.29, 1.82) is 0 Å². The van der Waals surface area contributed by atoms with Crippen LogP contribution in [0.5, 0.6) is 0 Å². The van der Waals surface area contributed by atoms with E-state index in [2.05, 4.69) is 9.97 Å². The predicted octanol–water partition coefficient (Wildman–Crippen LogP) is 0.915. The molecule has 0 unspecified atom stereocenters. The zero-order chi connectivity index (χ0) is 8.43. The van der Waals surface area contributed by atoms with Crippen LogP contribution in [0.1, 0.15) is 17.4 Å². The Morgan fingerprint density at radius 3 is 2.73 bits per heavy atom. The summed E-state index contributed by atoms with van der Waals surface area (Å²) in [6, 6.07) is 1.38. The van der Waals surface area contributed by atoms with Gasteiger partial charge in [0.2, 0.25) is 5.95 Å². The fourth-order valence-corrected chi connectivity index (χ4v) is 0.806. The Morgan fingerprint density at radius 2 is 2.27 bits per heavy atom. The number of hydrogen-bond donors (Lipinski definition) is 1. The topological polar surface area (TPSA) is 68.9 Å². The summed E-state index contributed by atoms with van der Waals surface area (Å²) >= 11 is 5.51. The minimum absolute atomic E-state index is 0.0164.